The van der Waals surface area contributed by atoms with Crippen molar-refractivity contribution >= 4 is 99.2 Å². The molecule has 646 valence electrons. The number of anilines is 4. The number of benzene rings is 6. The van der Waals surface area contributed by atoms with Gasteiger partial charge in [-0.3, -0.25) is 51.1 Å². The van der Waals surface area contributed by atoms with Gasteiger partial charge in [0.1, 0.15) is 36.2 Å². The quantitative estimate of drug-likeness (QED) is 0.0250. The average Bonchev–Trinajstić information content (AvgIpc) is 0.844. The van der Waals surface area contributed by atoms with Crippen LogP contribution in [0.5, 0.6) is 0 Å². The Morgan fingerprint density at radius 3 is 1.27 bits per heavy atom. The third-order valence-corrected chi connectivity index (χ3v) is 33.6. The molecule has 1 unspecified atom stereocenters. The maximum Gasteiger partial charge on any atom is 0.351 e. The molecule has 0 bridgehead atoms. The van der Waals surface area contributed by atoms with E-state index in [1.807, 2.05) is 36.4 Å². The fourth-order valence-electron chi connectivity index (χ4n) is 15.8. The number of carbonyl (C=O) groups excluding carboxylic acids is 4. The smallest absolute Gasteiger partial charge is 0.351 e. The number of morpholine rings is 2. The van der Waals surface area contributed by atoms with Crippen LogP contribution in [0.1, 0.15) is 119 Å². The number of nitrogens with one attached hydrogen (secondary N) is 4. The van der Waals surface area contributed by atoms with Gasteiger partial charge in [-0.25, -0.2) is 38.7 Å². The van der Waals surface area contributed by atoms with Crippen LogP contribution in [0.3, 0.4) is 0 Å². The number of fused-ring (bicyclic) bond motifs is 1. The summed E-state index contributed by atoms with van der Waals surface area (Å²) in [5.41, 5.74) is -1.18. The van der Waals surface area contributed by atoms with Crippen molar-refractivity contribution in [3.8, 4) is 0 Å². The van der Waals surface area contributed by atoms with Gasteiger partial charge in [0.2, 0.25) is 7.37 Å². The number of hydrogen-bond donors (Lipinski definition) is 4. The highest BCUT2D eigenvalue weighted by atomic mass is 31.2. The monoisotopic (exact) mass is 1760 g/mol. The zero-order valence-corrected chi connectivity index (χ0v) is 72.6. The van der Waals surface area contributed by atoms with Crippen LogP contribution in [-0.4, -0.2) is 192 Å². The number of aromatic nitrogens is 10. The van der Waals surface area contributed by atoms with Crippen LogP contribution in [0.15, 0.2) is 246 Å². The van der Waals surface area contributed by atoms with Crippen LogP contribution in [-0.2, 0) is 50.6 Å². The first kappa shape index (κ1) is 87.8. The lowest BCUT2D eigenvalue weighted by Gasteiger charge is -2.45. The van der Waals surface area contributed by atoms with E-state index >= 15 is 13.7 Å². The van der Waals surface area contributed by atoms with E-state index in [-0.39, 0.29) is 81.0 Å². The summed E-state index contributed by atoms with van der Waals surface area (Å²) in [5.74, 6) is -1.86. The van der Waals surface area contributed by atoms with Gasteiger partial charge in [-0.2, -0.15) is 15.0 Å². The summed E-state index contributed by atoms with van der Waals surface area (Å²) < 4.78 is 110. The average molecular weight is 1760 g/mol. The van der Waals surface area contributed by atoms with Crippen molar-refractivity contribution in [1.82, 2.24) is 57.5 Å². The Morgan fingerprint density at radius 1 is 0.435 bits per heavy atom. The lowest BCUT2D eigenvalue weighted by Crippen LogP contribution is -2.67. The first-order chi connectivity index (χ1) is 59.6. The summed E-state index contributed by atoms with van der Waals surface area (Å²) in [6.07, 6.45) is 0.875. The minimum atomic E-state index is -4.18. The summed E-state index contributed by atoms with van der Waals surface area (Å²) >= 11 is 0. The van der Waals surface area contributed by atoms with Crippen molar-refractivity contribution in [2.45, 2.75) is 113 Å². The van der Waals surface area contributed by atoms with Gasteiger partial charge in [-0.15, -0.1) is 0 Å². The van der Waals surface area contributed by atoms with E-state index in [9.17, 15) is 33.6 Å². The minimum absolute atomic E-state index is 0.0417. The SMILES string of the molecule is CC(C)(C)[Si](OC[C@@H]1CC([P@@](C)(=O)OC[C@@H]2CN([P@@](C)(=O)OC[C@@H]3CN([P@@](C)(=O)OC[C@@H]4CCC[C@H](n5ccc(NC(=O)c6ccccc6)nc5=O)O4)C[C@H](n4ccc(NC(=O)c5ccccc5)nc4=O)O3)C[C@H](n3ccc(NC(=O)c4ccccc4)nc3=O)O2)C[C@H](n2cnc3c(NC(=O)c4ccccc4)ncnc32)O1)(c1ccccc1)c1ccccc1. The van der Waals surface area contributed by atoms with Crippen LogP contribution in [0.25, 0.3) is 11.2 Å². The van der Waals surface area contributed by atoms with Gasteiger partial charge in [-0.1, -0.05) is 154 Å². The second-order valence-corrected chi connectivity index (χ2v) is 43.8. The highest BCUT2D eigenvalue weighted by Gasteiger charge is 2.52. The van der Waals surface area contributed by atoms with Crippen LogP contribution in [0.2, 0.25) is 5.04 Å². The van der Waals surface area contributed by atoms with Gasteiger partial charge in [0.25, 0.3) is 47.0 Å². The van der Waals surface area contributed by atoms with Crippen LogP contribution in [0, 0.1) is 0 Å². The number of hydrogen-bond acceptors (Lipinski definition) is 24. The molecule has 4 aliphatic rings. The van der Waals surface area contributed by atoms with Crippen molar-refractivity contribution < 1.29 is 69.8 Å². The van der Waals surface area contributed by atoms with Gasteiger partial charge in [0.15, 0.2) is 29.4 Å². The van der Waals surface area contributed by atoms with Crippen LogP contribution < -0.4 is 48.7 Å². The fourth-order valence-corrected chi connectivity index (χ4v) is 25.3. The summed E-state index contributed by atoms with van der Waals surface area (Å²) in [5, 5.41) is 12.5. The predicted octanol–water partition coefficient (Wildman–Crippen LogP) is 11.3. The molecule has 4 saturated heterocycles. The molecule has 5 aromatic heterocycles. The molecule has 9 heterocycles. The first-order valence-electron chi connectivity index (χ1n) is 40.6. The number of imidazole rings is 1. The minimum Gasteiger partial charge on any atom is -0.405 e. The normalized spacial score (nSPS) is 21.8. The Bertz CT molecular complexity index is 5950. The molecule has 4 N–H and O–H groups in total. The van der Waals surface area contributed by atoms with E-state index in [0.717, 1.165) is 19.5 Å². The number of nitrogens with zero attached hydrogens (tertiary/aromatic N) is 12. The molecule has 124 heavy (non-hydrogen) atoms. The molecular weight excluding hydrogens is 1670 g/mol. The van der Waals surface area contributed by atoms with Gasteiger partial charge in [0.05, 0.1) is 70.3 Å². The highest BCUT2D eigenvalue weighted by molar-refractivity contribution is 7.59. The zero-order chi connectivity index (χ0) is 86.9. The van der Waals surface area contributed by atoms with Crippen LogP contribution >= 0.6 is 22.4 Å². The first-order valence-corrected chi connectivity index (χ1v) is 48.7. The second-order valence-electron chi connectivity index (χ2n) is 31.9. The Labute approximate surface area is 714 Å². The molecule has 4 amide bonds. The third-order valence-electron chi connectivity index (χ3n) is 22.2. The molecule has 34 nitrogen and oxygen atoms in total. The third kappa shape index (κ3) is 20.5. The number of carbonyl (C=O) groups is 4. The summed E-state index contributed by atoms with van der Waals surface area (Å²) in [7, 11) is -15.3. The Hall–Kier alpha value is -11.1. The molecule has 4 aliphatic heterocycles. The van der Waals surface area contributed by atoms with Crippen molar-refractivity contribution in [3.63, 3.8) is 0 Å². The van der Waals surface area contributed by atoms with Crippen molar-refractivity contribution in [2.24, 2.45) is 0 Å². The van der Waals surface area contributed by atoms with Gasteiger partial charge >= 0.3 is 17.1 Å². The molecule has 4 fully saturated rings. The summed E-state index contributed by atoms with van der Waals surface area (Å²) in [6, 6.07) is 58.4. The van der Waals surface area contributed by atoms with E-state index in [1.165, 1.54) is 83.3 Å². The van der Waals surface area contributed by atoms with E-state index in [1.54, 1.807) is 126 Å². The molecule has 12 atom stereocenters. The van der Waals surface area contributed by atoms with Crippen molar-refractivity contribution in [2.75, 3.05) is 93.9 Å². The highest BCUT2D eigenvalue weighted by Crippen LogP contribution is 2.57. The van der Waals surface area contributed by atoms with Gasteiger partial charge in [0, 0.05) is 86.0 Å². The second kappa shape index (κ2) is 38.2. The molecule has 15 rings (SSSR count). The molecule has 0 aliphatic carbocycles. The zero-order valence-electron chi connectivity index (χ0n) is 68.9. The summed E-state index contributed by atoms with van der Waals surface area (Å²) in [6.45, 7) is 8.88. The summed E-state index contributed by atoms with van der Waals surface area (Å²) in [4.78, 5) is 122. The largest absolute Gasteiger partial charge is 0.405 e. The lowest BCUT2D eigenvalue weighted by molar-refractivity contribution is -0.127. The molecule has 11 aromatic rings. The van der Waals surface area contributed by atoms with E-state index < -0.39 is 145 Å². The maximum absolute atomic E-state index is 16.1. The van der Waals surface area contributed by atoms with Crippen molar-refractivity contribution in [1.29, 1.82) is 0 Å². The molecule has 0 spiro atoms. The number of amides is 4. The van der Waals surface area contributed by atoms with E-state index in [2.05, 4.69) is 91.2 Å². The molecule has 38 heteroatoms. The predicted molar refractivity (Wildman–Crippen MR) is 466 cm³/mol. The molecule has 0 saturated carbocycles. The molecule has 0 radical (unpaired) electrons. The van der Waals surface area contributed by atoms with Gasteiger partial charge in [-0.05, 0) is 108 Å². The van der Waals surface area contributed by atoms with Crippen LogP contribution in [0.4, 0.5) is 23.3 Å². The van der Waals surface area contributed by atoms with Crippen molar-refractivity contribution in [3.05, 3.63) is 285 Å². The fraction of sp³-hybridized carbons (Fsp3) is 0.337. The lowest BCUT2D eigenvalue weighted by atomic mass is 10.1. The Morgan fingerprint density at radius 2 is 0.831 bits per heavy atom. The van der Waals surface area contributed by atoms with Gasteiger partial charge < -0.3 is 58.2 Å². The molecular formula is C86H95N16O18P3Si. The Balaban J connectivity index is 0.695. The van der Waals surface area contributed by atoms with E-state index in [0.29, 0.717) is 47.2 Å². The Kier molecular flexibility index (Phi) is 27.0. The van der Waals surface area contributed by atoms with E-state index in [4.69, 9.17) is 41.9 Å². The number of rotatable bonds is 29. The number of ether oxygens (including phenoxy) is 4. The standard InChI is InChI=1S/C86H95N16O18P3Si/c1-86(2,3)124(67-35-21-11-22-36-67,68-37-23-12-24-38-68)116-55-63-46-66(47-73(118-63)102-57-89-76-77(87-56-88-78(76)102)96-82(106)61-32-19-10-20-33-61)121(4,110)113-53-64-48-97(50-74(119-64)100-44-41-70(94-84(100)108)91-80(104)59-28-15-8-16-29-59)123(6,112)115-54-65-49-98(51-75(120-65)101-45-42-71(95-85(101)109)92-81(105)60-30-17-9-18-31-60)122(5,111)114-52-62-34-25-39-72(117-62)99-43-40-69(93-83(99)107)90-79(103)58-26-13-7-14-27-58/h7-24,26-33,35-38,40-45,56-57,62-66,72-75H,25,34,39,46-55H2,1-6H3,(H,87,88,96,106)(H,90,93,103,107)(H,91,94,104,108)(H,92,95,105,109)/t62-,63-,64-,65-,66?,72+,73+,74+,75+,121-,122-,123-/m0/s1. The topological polar surface area (TPSA) is 396 Å². The molecule has 6 aromatic carbocycles. The maximum atomic E-state index is 16.1.